The molecular formula is C11H13N3O4S. The summed E-state index contributed by atoms with van der Waals surface area (Å²) >= 11 is 1.18. The zero-order valence-electron chi connectivity index (χ0n) is 10.3. The molecule has 1 aliphatic heterocycles. The van der Waals surface area contributed by atoms with E-state index >= 15 is 0 Å². The molecule has 0 spiro atoms. The van der Waals surface area contributed by atoms with Crippen molar-refractivity contribution in [1.82, 2.24) is 9.88 Å². The molecule has 0 unspecified atom stereocenters. The maximum Gasteiger partial charge on any atom is 0.303 e. The lowest BCUT2D eigenvalue weighted by atomic mass is 9.96. The summed E-state index contributed by atoms with van der Waals surface area (Å²) in [6.45, 7) is 2.26. The summed E-state index contributed by atoms with van der Waals surface area (Å²) in [4.78, 5) is 38.9. The Bertz CT molecular complexity index is 522. The van der Waals surface area contributed by atoms with Gasteiger partial charge in [0.25, 0.3) is 5.91 Å². The zero-order chi connectivity index (χ0) is 14.0. The predicted molar refractivity (Wildman–Crippen MR) is 68.1 cm³/mol. The maximum absolute atomic E-state index is 12.0. The standard InChI is InChI=1S/C11H13N3O4S/c1-6(15)12-11-13-8(5-19-11)10(18)14-3-7(4-14)2-9(16)17/h5,7H,2-4H2,1H3,(H,16,17)(H,12,13,15). The molecule has 2 N–H and O–H groups in total. The van der Waals surface area contributed by atoms with E-state index in [1.165, 1.54) is 18.3 Å². The first-order chi connectivity index (χ1) is 8.95. The second-order valence-corrected chi connectivity index (χ2v) is 5.25. The molecule has 2 heterocycles. The Kier molecular flexibility index (Phi) is 3.79. The lowest BCUT2D eigenvalue weighted by Gasteiger charge is -2.38. The summed E-state index contributed by atoms with van der Waals surface area (Å²) in [5, 5.41) is 13.1. The first kappa shape index (κ1) is 13.5. The number of carbonyl (C=O) groups excluding carboxylic acids is 2. The second-order valence-electron chi connectivity index (χ2n) is 4.39. The van der Waals surface area contributed by atoms with E-state index in [1.54, 1.807) is 10.3 Å². The third-order valence-corrected chi connectivity index (χ3v) is 3.47. The quantitative estimate of drug-likeness (QED) is 0.845. The fourth-order valence-electron chi connectivity index (χ4n) is 1.85. The van der Waals surface area contributed by atoms with Crippen molar-refractivity contribution >= 4 is 34.3 Å². The summed E-state index contributed by atoms with van der Waals surface area (Å²) in [6.07, 6.45) is 0.0813. The minimum absolute atomic E-state index is 0.0231. The highest BCUT2D eigenvalue weighted by Gasteiger charge is 2.33. The van der Waals surface area contributed by atoms with Crippen LogP contribution in [0.2, 0.25) is 0 Å². The van der Waals surface area contributed by atoms with E-state index in [4.69, 9.17) is 5.11 Å². The van der Waals surface area contributed by atoms with E-state index in [9.17, 15) is 14.4 Å². The molecule has 0 bridgehead atoms. The van der Waals surface area contributed by atoms with E-state index < -0.39 is 5.97 Å². The van der Waals surface area contributed by atoms with E-state index in [1.807, 2.05) is 0 Å². The Hall–Kier alpha value is -1.96. The molecule has 2 rings (SSSR count). The number of carboxylic acids is 1. The highest BCUT2D eigenvalue weighted by atomic mass is 32.1. The number of nitrogens with zero attached hydrogens (tertiary/aromatic N) is 2. The fraction of sp³-hybridized carbons (Fsp3) is 0.455. The summed E-state index contributed by atoms with van der Waals surface area (Å²) < 4.78 is 0. The largest absolute Gasteiger partial charge is 0.481 e. The molecule has 0 atom stereocenters. The number of thiazole rings is 1. The van der Waals surface area contributed by atoms with Crippen LogP contribution in [0.3, 0.4) is 0 Å². The normalized spacial score (nSPS) is 14.9. The van der Waals surface area contributed by atoms with Gasteiger partial charge in [-0.3, -0.25) is 14.4 Å². The van der Waals surface area contributed by atoms with Crippen LogP contribution in [-0.2, 0) is 9.59 Å². The van der Waals surface area contributed by atoms with Crippen molar-refractivity contribution in [3.05, 3.63) is 11.1 Å². The number of carbonyl (C=O) groups is 3. The second kappa shape index (κ2) is 5.35. The summed E-state index contributed by atoms with van der Waals surface area (Å²) in [7, 11) is 0. The van der Waals surface area contributed by atoms with Gasteiger partial charge in [0.15, 0.2) is 5.13 Å². The SMILES string of the molecule is CC(=O)Nc1nc(C(=O)N2CC(CC(=O)O)C2)cs1. The number of amides is 2. The van der Waals surface area contributed by atoms with Crippen molar-refractivity contribution in [2.24, 2.45) is 5.92 Å². The van der Waals surface area contributed by atoms with E-state index in [0.717, 1.165) is 0 Å². The van der Waals surface area contributed by atoms with Gasteiger partial charge in [0.05, 0.1) is 6.42 Å². The highest BCUT2D eigenvalue weighted by Crippen LogP contribution is 2.23. The van der Waals surface area contributed by atoms with Gasteiger partial charge in [0.1, 0.15) is 5.69 Å². The molecule has 19 heavy (non-hydrogen) atoms. The van der Waals surface area contributed by atoms with Gasteiger partial charge in [-0.15, -0.1) is 11.3 Å². The molecule has 1 aromatic rings. The Balaban J connectivity index is 1.89. The number of aromatic nitrogens is 1. The van der Waals surface area contributed by atoms with E-state index in [0.29, 0.717) is 18.2 Å². The first-order valence-corrected chi connectivity index (χ1v) is 6.58. The number of likely N-dealkylation sites (tertiary alicyclic amines) is 1. The van der Waals surface area contributed by atoms with Gasteiger partial charge < -0.3 is 15.3 Å². The molecular weight excluding hydrogens is 270 g/mol. The van der Waals surface area contributed by atoms with Crippen molar-refractivity contribution < 1.29 is 19.5 Å². The third-order valence-electron chi connectivity index (χ3n) is 2.71. The van der Waals surface area contributed by atoms with Gasteiger partial charge in [-0.2, -0.15) is 0 Å². The van der Waals surface area contributed by atoms with E-state index in [-0.39, 0.29) is 29.8 Å². The molecule has 0 aliphatic carbocycles. The molecule has 102 valence electrons. The van der Waals surface area contributed by atoms with Crippen LogP contribution in [-0.4, -0.2) is 45.9 Å². The van der Waals surface area contributed by atoms with Gasteiger partial charge in [-0.1, -0.05) is 0 Å². The van der Waals surface area contributed by atoms with Crippen LogP contribution in [0.4, 0.5) is 5.13 Å². The highest BCUT2D eigenvalue weighted by molar-refractivity contribution is 7.14. The Morgan fingerprint density at radius 1 is 1.53 bits per heavy atom. The van der Waals surface area contributed by atoms with Crippen molar-refractivity contribution in [2.75, 3.05) is 18.4 Å². The molecule has 0 saturated carbocycles. The average molecular weight is 283 g/mol. The minimum Gasteiger partial charge on any atom is -0.481 e. The van der Waals surface area contributed by atoms with Crippen LogP contribution in [0.5, 0.6) is 0 Å². The molecule has 1 fully saturated rings. The average Bonchev–Trinajstić information content (AvgIpc) is 2.69. The summed E-state index contributed by atoms with van der Waals surface area (Å²) in [5.41, 5.74) is 0.280. The molecule has 8 heteroatoms. The summed E-state index contributed by atoms with van der Waals surface area (Å²) in [5.74, 6) is -1.29. The molecule has 7 nitrogen and oxygen atoms in total. The first-order valence-electron chi connectivity index (χ1n) is 5.70. The van der Waals surface area contributed by atoms with E-state index in [2.05, 4.69) is 10.3 Å². The van der Waals surface area contributed by atoms with Crippen LogP contribution in [0.15, 0.2) is 5.38 Å². The topological polar surface area (TPSA) is 99.6 Å². The van der Waals surface area contributed by atoms with Crippen LogP contribution < -0.4 is 5.32 Å². The lowest BCUT2D eigenvalue weighted by Crippen LogP contribution is -2.50. The number of hydrogen-bond acceptors (Lipinski definition) is 5. The molecule has 1 saturated heterocycles. The van der Waals surface area contributed by atoms with Gasteiger partial charge in [0, 0.05) is 31.3 Å². The molecule has 0 aromatic carbocycles. The summed E-state index contributed by atoms with van der Waals surface area (Å²) in [6, 6.07) is 0. The van der Waals surface area contributed by atoms with Crippen LogP contribution in [0.1, 0.15) is 23.8 Å². The van der Waals surface area contributed by atoms with Crippen molar-refractivity contribution in [1.29, 1.82) is 0 Å². The Morgan fingerprint density at radius 3 is 2.79 bits per heavy atom. The molecule has 1 aromatic heterocycles. The minimum atomic E-state index is -0.848. The van der Waals surface area contributed by atoms with Crippen LogP contribution in [0.25, 0.3) is 0 Å². The van der Waals surface area contributed by atoms with Gasteiger partial charge in [-0.05, 0) is 0 Å². The smallest absolute Gasteiger partial charge is 0.303 e. The number of rotatable bonds is 4. The monoisotopic (exact) mass is 283 g/mol. The van der Waals surface area contributed by atoms with Gasteiger partial charge in [-0.25, -0.2) is 4.98 Å². The van der Waals surface area contributed by atoms with Gasteiger partial charge >= 0.3 is 5.97 Å². The third kappa shape index (κ3) is 3.28. The van der Waals surface area contributed by atoms with Crippen molar-refractivity contribution in [3.63, 3.8) is 0 Å². The number of aliphatic carboxylic acids is 1. The molecule has 2 amide bonds. The molecule has 0 radical (unpaired) electrons. The van der Waals surface area contributed by atoms with Crippen LogP contribution in [0, 0.1) is 5.92 Å². The zero-order valence-corrected chi connectivity index (χ0v) is 11.1. The van der Waals surface area contributed by atoms with Gasteiger partial charge in [0.2, 0.25) is 5.91 Å². The molecule has 1 aliphatic rings. The van der Waals surface area contributed by atoms with Crippen LogP contribution >= 0.6 is 11.3 Å². The van der Waals surface area contributed by atoms with Crippen molar-refractivity contribution in [3.8, 4) is 0 Å². The number of hydrogen-bond donors (Lipinski definition) is 2. The predicted octanol–water partition coefficient (Wildman–Crippen LogP) is 0.648. The maximum atomic E-state index is 12.0. The fourth-order valence-corrected chi connectivity index (χ4v) is 2.58. The Labute approximate surface area is 113 Å². The van der Waals surface area contributed by atoms with Crippen molar-refractivity contribution in [2.45, 2.75) is 13.3 Å². The Morgan fingerprint density at radius 2 is 2.21 bits per heavy atom. The lowest BCUT2D eigenvalue weighted by molar-refractivity contribution is -0.139. The number of nitrogens with one attached hydrogen (secondary N) is 1. The number of anilines is 1. The number of carboxylic acid groups (broad SMARTS) is 1.